The Morgan fingerprint density at radius 3 is 2.57 bits per heavy atom. The van der Waals surface area contributed by atoms with Crippen LogP contribution in [-0.2, 0) is 6.42 Å². The van der Waals surface area contributed by atoms with E-state index in [1.54, 1.807) is 12.4 Å². The van der Waals surface area contributed by atoms with Crippen molar-refractivity contribution in [2.45, 2.75) is 26.2 Å². The molecule has 3 heteroatoms. The summed E-state index contributed by atoms with van der Waals surface area (Å²) in [6.45, 7) is 4.43. The molecule has 0 N–H and O–H groups in total. The molecule has 0 radical (unpaired) electrons. The first kappa shape index (κ1) is 11.1. The van der Waals surface area contributed by atoms with Crippen LogP contribution in [0.15, 0.2) is 18.5 Å². The van der Waals surface area contributed by atoms with Gasteiger partial charge in [0.25, 0.3) is 0 Å². The molecule has 1 rings (SSSR count). The smallest absolute Gasteiger partial charge is 0.129 e. The monoisotopic (exact) mass is 193 g/mol. The fourth-order valence-electron chi connectivity index (χ4n) is 1.29. The zero-order chi connectivity index (χ0) is 10.2. The minimum Gasteiger partial charge on any atom is -0.306 e. The first-order valence-corrected chi connectivity index (χ1v) is 5.27. The topological polar surface area (TPSA) is 29.0 Å². The Kier molecular flexibility index (Phi) is 5.15. The molecular weight excluding hydrogens is 174 g/mol. The molecule has 0 saturated carbocycles. The van der Waals surface area contributed by atoms with Gasteiger partial charge in [-0.1, -0.05) is 13.3 Å². The number of nitrogens with zero attached hydrogens (tertiary/aromatic N) is 3. The van der Waals surface area contributed by atoms with Crippen LogP contribution in [0.5, 0.6) is 0 Å². The Balaban J connectivity index is 2.20. The fraction of sp³-hybridized carbons (Fsp3) is 0.636. The molecule has 78 valence electrons. The van der Waals surface area contributed by atoms with E-state index in [0.29, 0.717) is 0 Å². The summed E-state index contributed by atoms with van der Waals surface area (Å²) in [5.74, 6) is 0.941. The van der Waals surface area contributed by atoms with Crippen LogP contribution in [0.3, 0.4) is 0 Å². The summed E-state index contributed by atoms with van der Waals surface area (Å²) in [7, 11) is 2.15. The summed E-state index contributed by atoms with van der Waals surface area (Å²) in [4.78, 5) is 10.7. The molecule has 14 heavy (non-hydrogen) atoms. The normalized spacial score (nSPS) is 10.8. The summed E-state index contributed by atoms with van der Waals surface area (Å²) < 4.78 is 0. The highest BCUT2D eigenvalue weighted by molar-refractivity contribution is 4.88. The maximum absolute atomic E-state index is 4.19. The lowest BCUT2D eigenvalue weighted by atomic mass is 10.3. The fourth-order valence-corrected chi connectivity index (χ4v) is 1.29. The number of hydrogen-bond donors (Lipinski definition) is 0. The van der Waals surface area contributed by atoms with Crippen molar-refractivity contribution in [3.63, 3.8) is 0 Å². The van der Waals surface area contributed by atoms with E-state index < -0.39 is 0 Å². The van der Waals surface area contributed by atoms with Gasteiger partial charge in [0.2, 0.25) is 0 Å². The molecule has 0 aromatic carbocycles. The lowest BCUT2D eigenvalue weighted by Crippen LogP contribution is -2.22. The van der Waals surface area contributed by atoms with Gasteiger partial charge in [0.15, 0.2) is 0 Å². The summed E-state index contributed by atoms with van der Waals surface area (Å²) in [5.41, 5.74) is 0. The van der Waals surface area contributed by atoms with Crippen molar-refractivity contribution in [2.75, 3.05) is 20.1 Å². The van der Waals surface area contributed by atoms with Crippen LogP contribution in [0.25, 0.3) is 0 Å². The zero-order valence-electron chi connectivity index (χ0n) is 9.11. The van der Waals surface area contributed by atoms with Crippen molar-refractivity contribution in [3.8, 4) is 0 Å². The third-order valence-electron chi connectivity index (χ3n) is 2.23. The molecule has 0 aliphatic heterocycles. The predicted molar refractivity (Wildman–Crippen MR) is 58.1 cm³/mol. The van der Waals surface area contributed by atoms with Gasteiger partial charge in [-0.15, -0.1) is 0 Å². The molecule has 1 aromatic rings. The molecule has 1 heterocycles. The minimum atomic E-state index is 0.941. The molecular formula is C11H19N3. The highest BCUT2D eigenvalue weighted by atomic mass is 15.1. The van der Waals surface area contributed by atoms with Crippen LogP contribution in [-0.4, -0.2) is 35.0 Å². The van der Waals surface area contributed by atoms with Gasteiger partial charge in [0.1, 0.15) is 5.82 Å². The van der Waals surface area contributed by atoms with Crippen molar-refractivity contribution in [2.24, 2.45) is 0 Å². The Hall–Kier alpha value is -0.960. The second kappa shape index (κ2) is 6.49. The van der Waals surface area contributed by atoms with E-state index in [9.17, 15) is 0 Å². The second-order valence-electron chi connectivity index (χ2n) is 3.57. The largest absolute Gasteiger partial charge is 0.306 e. The quantitative estimate of drug-likeness (QED) is 0.689. The highest BCUT2D eigenvalue weighted by Crippen LogP contribution is 1.95. The summed E-state index contributed by atoms with van der Waals surface area (Å²) in [6.07, 6.45) is 7.07. The molecule has 0 unspecified atom stereocenters. The SMILES string of the molecule is CCCCN(C)CCc1ncccn1. The number of rotatable bonds is 6. The third-order valence-corrected chi connectivity index (χ3v) is 2.23. The maximum Gasteiger partial charge on any atom is 0.129 e. The molecule has 0 fully saturated rings. The van der Waals surface area contributed by atoms with Crippen LogP contribution in [0, 0.1) is 0 Å². The molecule has 0 spiro atoms. The number of hydrogen-bond acceptors (Lipinski definition) is 3. The number of likely N-dealkylation sites (N-methyl/N-ethyl adjacent to an activating group) is 1. The van der Waals surface area contributed by atoms with Crippen molar-refractivity contribution in [1.29, 1.82) is 0 Å². The third kappa shape index (κ3) is 4.33. The van der Waals surface area contributed by atoms with Gasteiger partial charge in [-0.3, -0.25) is 0 Å². The van der Waals surface area contributed by atoms with E-state index in [4.69, 9.17) is 0 Å². The van der Waals surface area contributed by atoms with Crippen molar-refractivity contribution in [3.05, 3.63) is 24.3 Å². The molecule has 0 amide bonds. The van der Waals surface area contributed by atoms with Crippen LogP contribution >= 0.6 is 0 Å². The Bertz CT molecular complexity index is 236. The Labute approximate surface area is 86.2 Å². The van der Waals surface area contributed by atoms with Gasteiger partial charge in [0, 0.05) is 25.4 Å². The average molecular weight is 193 g/mol. The van der Waals surface area contributed by atoms with Gasteiger partial charge in [-0.2, -0.15) is 0 Å². The van der Waals surface area contributed by atoms with E-state index in [1.165, 1.54) is 19.4 Å². The summed E-state index contributed by atoms with van der Waals surface area (Å²) >= 11 is 0. The van der Waals surface area contributed by atoms with E-state index in [2.05, 4.69) is 28.8 Å². The lowest BCUT2D eigenvalue weighted by molar-refractivity contribution is 0.330. The van der Waals surface area contributed by atoms with Crippen molar-refractivity contribution < 1.29 is 0 Å². The molecule has 0 bridgehead atoms. The lowest BCUT2D eigenvalue weighted by Gasteiger charge is -2.14. The van der Waals surface area contributed by atoms with Crippen molar-refractivity contribution in [1.82, 2.24) is 14.9 Å². The maximum atomic E-state index is 4.19. The highest BCUT2D eigenvalue weighted by Gasteiger charge is 1.99. The number of unbranched alkanes of at least 4 members (excludes halogenated alkanes) is 1. The Morgan fingerprint density at radius 1 is 1.21 bits per heavy atom. The van der Waals surface area contributed by atoms with Gasteiger partial charge in [0.05, 0.1) is 0 Å². The van der Waals surface area contributed by atoms with Gasteiger partial charge < -0.3 is 4.90 Å². The van der Waals surface area contributed by atoms with E-state index in [-0.39, 0.29) is 0 Å². The second-order valence-corrected chi connectivity index (χ2v) is 3.57. The standard InChI is InChI=1S/C11H19N3/c1-3-4-9-14(2)10-6-11-12-7-5-8-13-11/h5,7-8H,3-4,6,9-10H2,1-2H3. The number of aromatic nitrogens is 2. The molecule has 0 saturated heterocycles. The van der Waals surface area contributed by atoms with Crippen LogP contribution in [0.2, 0.25) is 0 Å². The summed E-state index contributed by atoms with van der Waals surface area (Å²) in [5, 5.41) is 0. The zero-order valence-corrected chi connectivity index (χ0v) is 9.11. The van der Waals surface area contributed by atoms with Gasteiger partial charge >= 0.3 is 0 Å². The summed E-state index contributed by atoms with van der Waals surface area (Å²) in [6, 6.07) is 1.85. The van der Waals surface area contributed by atoms with E-state index in [0.717, 1.165) is 18.8 Å². The first-order chi connectivity index (χ1) is 6.83. The molecule has 0 aliphatic carbocycles. The minimum absolute atomic E-state index is 0.941. The van der Waals surface area contributed by atoms with Gasteiger partial charge in [-0.25, -0.2) is 9.97 Å². The van der Waals surface area contributed by atoms with Gasteiger partial charge in [-0.05, 0) is 26.1 Å². The molecule has 3 nitrogen and oxygen atoms in total. The first-order valence-electron chi connectivity index (χ1n) is 5.27. The van der Waals surface area contributed by atoms with Crippen LogP contribution < -0.4 is 0 Å². The molecule has 1 aromatic heterocycles. The molecule has 0 aliphatic rings. The Morgan fingerprint density at radius 2 is 1.93 bits per heavy atom. The van der Waals surface area contributed by atoms with E-state index in [1.807, 2.05) is 6.07 Å². The van der Waals surface area contributed by atoms with Crippen LogP contribution in [0.1, 0.15) is 25.6 Å². The van der Waals surface area contributed by atoms with Crippen molar-refractivity contribution >= 4 is 0 Å². The predicted octanol–water partition coefficient (Wildman–Crippen LogP) is 1.75. The van der Waals surface area contributed by atoms with E-state index >= 15 is 0 Å². The van der Waals surface area contributed by atoms with Crippen LogP contribution in [0.4, 0.5) is 0 Å². The average Bonchev–Trinajstić information content (AvgIpc) is 2.25. The molecule has 0 atom stereocenters.